The molecule has 1 fully saturated rings. The van der Waals surface area contributed by atoms with Crippen LogP contribution in [0, 0.1) is 5.41 Å². The zero-order valence-electron chi connectivity index (χ0n) is 14.3. The Kier molecular flexibility index (Phi) is 5.71. The number of benzene rings is 1. The van der Waals surface area contributed by atoms with Gasteiger partial charge in [0.2, 0.25) is 5.91 Å². The molecule has 0 heterocycles. The van der Waals surface area contributed by atoms with E-state index >= 15 is 0 Å². The molecule has 1 aromatic rings. The molecular formula is C18H24BrNO4. The summed E-state index contributed by atoms with van der Waals surface area (Å²) in [7, 11) is 0. The summed E-state index contributed by atoms with van der Waals surface area (Å²) in [6.45, 7) is 6.08. The van der Waals surface area contributed by atoms with E-state index in [1.54, 1.807) is 0 Å². The van der Waals surface area contributed by atoms with Crippen molar-refractivity contribution in [3.8, 4) is 0 Å². The fourth-order valence-corrected chi connectivity index (χ4v) is 3.73. The maximum absolute atomic E-state index is 12.3. The van der Waals surface area contributed by atoms with Crippen molar-refractivity contribution in [3.05, 3.63) is 34.3 Å². The van der Waals surface area contributed by atoms with E-state index in [-0.39, 0.29) is 18.4 Å². The van der Waals surface area contributed by atoms with Crippen LogP contribution in [0.1, 0.15) is 39.2 Å². The van der Waals surface area contributed by atoms with Crippen LogP contribution in [-0.2, 0) is 20.7 Å². The summed E-state index contributed by atoms with van der Waals surface area (Å²) in [5.41, 5.74) is -0.884. The molecule has 0 aliphatic heterocycles. The summed E-state index contributed by atoms with van der Waals surface area (Å²) >= 11 is 3.40. The van der Waals surface area contributed by atoms with E-state index in [1.165, 1.54) is 0 Å². The van der Waals surface area contributed by atoms with Crippen LogP contribution in [0.25, 0.3) is 0 Å². The van der Waals surface area contributed by atoms with Gasteiger partial charge in [0.05, 0.1) is 6.10 Å². The second-order valence-corrected chi connectivity index (χ2v) is 7.67. The largest absolute Gasteiger partial charge is 0.479 e. The van der Waals surface area contributed by atoms with Crippen molar-refractivity contribution in [3.63, 3.8) is 0 Å². The van der Waals surface area contributed by atoms with Crippen LogP contribution in [0.3, 0.4) is 0 Å². The minimum atomic E-state index is -1.26. The summed E-state index contributed by atoms with van der Waals surface area (Å²) in [4.78, 5) is 24.2. The van der Waals surface area contributed by atoms with Gasteiger partial charge >= 0.3 is 5.97 Å². The fraction of sp³-hybridized carbons (Fsp3) is 0.556. The number of carbonyl (C=O) groups excluding carboxylic acids is 1. The second kappa shape index (κ2) is 7.23. The Morgan fingerprint density at radius 1 is 1.42 bits per heavy atom. The normalized spacial score (nSPS) is 24.9. The molecule has 0 spiro atoms. The molecule has 1 aliphatic rings. The van der Waals surface area contributed by atoms with E-state index < -0.39 is 16.9 Å². The van der Waals surface area contributed by atoms with Gasteiger partial charge in [-0.15, -0.1) is 0 Å². The van der Waals surface area contributed by atoms with Crippen LogP contribution < -0.4 is 5.32 Å². The lowest BCUT2D eigenvalue weighted by Gasteiger charge is -2.58. The Morgan fingerprint density at radius 3 is 2.67 bits per heavy atom. The highest BCUT2D eigenvalue weighted by Gasteiger charge is 2.66. The maximum atomic E-state index is 12.3. The number of halogens is 1. The summed E-state index contributed by atoms with van der Waals surface area (Å²) in [5, 5.41) is 12.5. The molecule has 1 amide bonds. The molecule has 2 atom stereocenters. The average molecular weight is 398 g/mol. The molecule has 2 unspecified atom stereocenters. The number of aryl methyl sites for hydroxylation is 1. The van der Waals surface area contributed by atoms with Crippen molar-refractivity contribution in [1.82, 2.24) is 5.32 Å². The van der Waals surface area contributed by atoms with Gasteiger partial charge in [-0.3, -0.25) is 4.79 Å². The molecule has 0 radical (unpaired) electrons. The van der Waals surface area contributed by atoms with Crippen LogP contribution in [0.15, 0.2) is 28.7 Å². The van der Waals surface area contributed by atoms with Gasteiger partial charge in [-0.2, -0.15) is 0 Å². The first-order valence-electron chi connectivity index (χ1n) is 8.13. The lowest BCUT2D eigenvalue weighted by molar-refractivity contribution is -0.194. The zero-order valence-corrected chi connectivity index (χ0v) is 15.9. The summed E-state index contributed by atoms with van der Waals surface area (Å²) in [5.74, 6) is -1.25. The topological polar surface area (TPSA) is 75.6 Å². The Hall–Kier alpha value is -1.40. The fourth-order valence-electron chi connectivity index (χ4n) is 3.29. The van der Waals surface area contributed by atoms with Gasteiger partial charge in [-0.1, -0.05) is 41.9 Å². The monoisotopic (exact) mass is 397 g/mol. The molecule has 2 N–H and O–H groups in total. The standard InChI is InChI=1S/C18H24BrNO4/c1-4-24-14-11-18(16(22)23,17(14,2)3)20-15(21)9-8-12-6-5-7-13(19)10-12/h5-7,10,14H,4,8-9,11H2,1-3H3,(H,20,21)(H,22,23). The van der Waals surface area contributed by atoms with Gasteiger partial charge in [-0.25, -0.2) is 4.79 Å². The van der Waals surface area contributed by atoms with E-state index in [4.69, 9.17) is 4.74 Å². The molecule has 1 aliphatic carbocycles. The van der Waals surface area contributed by atoms with Crippen molar-refractivity contribution in [2.45, 2.75) is 51.7 Å². The number of nitrogens with one attached hydrogen (secondary N) is 1. The number of amides is 1. The number of rotatable bonds is 7. The summed E-state index contributed by atoms with van der Waals surface area (Å²) in [6.07, 6.45) is 0.951. The molecule has 1 aromatic carbocycles. The third kappa shape index (κ3) is 3.49. The number of carbonyl (C=O) groups is 2. The molecule has 2 rings (SSSR count). The number of hydrogen-bond donors (Lipinski definition) is 2. The van der Waals surface area contributed by atoms with Gasteiger partial charge in [0.1, 0.15) is 5.54 Å². The van der Waals surface area contributed by atoms with Crippen molar-refractivity contribution >= 4 is 27.8 Å². The van der Waals surface area contributed by atoms with E-state index in [9.17, 15) is 14.7 Å². The predicted octanol–water partition coefficient (Wildman–Crippen LogP) is 3.16. The zero-order chi connectivity index (χ0) is 18.0. The number of carboxylic acid groups (broad SMARTS) is 1. The third-order valence-electron chi connectivity index (χ3n) is 5.01. The van der Waals surface area contributed by atoms with Crippen molar-refractivity contribution in [2.24, 2.45) is 5.41 Å². The minimum Gasteiger partial charge on any atom is -0.479 e. The number of ether oxygens (including phenoxy) is 1. The number of carboxylic acids is 1. The highest BCUT2D eigenvalue weighted by atomic mass is 79.9. The van der Waals surface area contributed by atoms with E-state index in [0.29, 0.717) is 19.4 Å². The van der Waals surface area contributed by atoms with E-state index in [0.717, 1.165) is 10.0 Å². The highest BCUT2D eigenvalue weighted by molar-refractivity contribution is 9.10. The van der Waals surface area contributed by atoms with Crippen LogP contribution in [0.4, 0.5) is 0 Å². The summed E-state index contributed by atoms with van der Waals surface area (Å²) < 4.78 is 6.56. The Balaban J connectivity index is 2.01. The Bertz CT molecular complexity index is 631. The smallest absolute Gasteiger partial charge is 0.330 e. The van der Waals surface area contributed by atoms with Gasteiger partial charge in [0.15, 0.2) is 0 Å². The molecule has 132 valence electrons. The van der Waals surface area contributed by atoms with Crippen LogP contribution in [0.2, 0.25) is 0 Å². The van der Waals surface area contributed by atoms with Crippen LogP contribution in [0.5, 0.6) is 0 Å². The number of aliphatic carboxylic acids is 1. The quantitative estimate of drug-likeness (QED) is 0.740. The third-order valence-corrected chi connectivity index (χ3v) is 5.51. The van der Waals surface area contributed by atoms with Crippen LogP contribution >= 0.6 is 15.9 Å². The maximum Gasteiger partial charge on any atom is 0.330 e. The van der Waals surface area contributed by atoms with Gasteiger partial charge in [0.25, 0.3) is 0 Å². The highest BCUT2D eigenvalue weighted by Crippen LogP contribution is 2.51. The minimum absolute atomic E-state index is 0.163. The second-order valence-electron chi connectivity index (χ2n) is 6.76. The van der Waals surface area contributed by atoms with Crippen LogP contribution in [-0.4, -0.2) is 35.2 Å². The molecule has 0 aromatic heterocycles. The Labute approximate surface area is 150 Å². The van der Waals surface area contributed by atoms with Crippen molar-refractivity contribution < 1.29 is 19.4 Å². The average Bonchev–Trinajstić information content (AvgIpc) is 2.51. The lowest BCUT2D eigenvalue weighted by atomic mass is 9.54. The van der Waals surface area contributed by atoms with Gasteiger partial charge < -0.3 is 15.2 Å². The molecule has 0 bridgehead atoms. The molecule has 0 saturated heterocycles. The molecule has 6 heteroatoms. The number of hydrogen-bond acceptors (Lipinski definition) is 3. The van der Waals surface area contributed by atoms with E-state index in [1.807, 2.05) is 45.0 Å². The first kappa shape index (κ1) is 18.9. The van der Waals surface area contributed by atoms with Crippen molar-refractivity contribution in [2.75, 3.05) is 6.61 Å². The van der Waals surface area contributed by atoms with E-state index in [2.05, 4.69) is 21.2 Å². The lowest BCUT2D eigenvalue weighted by Crippen LogP contribution is -2.76. The predicted molar refractivity (Wildman–Crippen MR) is 94.8 cm³/mol. The SMILES string of the molecule is CCOC1CC(NC(=O)CCc2cccc(Br)c2)(C(=O)O)C1(C)C. The van der Waals surface area contributed by atoms with Gasteiger partial charge in [-0.05, 0) is 31.0 Å². The Morgan fingerprint density at radius 2 is 2.12 bits per heavy atom. The molecule has 5 nitrogen and oxygen atoms in total. The first-order chi connectivity index (χ1) is 11.2. The van der Waals surface area contributed by atoms with Crippen molar-refractivity contribution in [1.29, 1.82) is 0 Å². The van der Waals surface area contributed by atoms with Gasteiger partial charge in [0, 0.05) is 29.3 Å². The molecule has 1 saturated carbocycles. The molecular weight excluding hydrogens is 374 g/mol. The first-order valence-corrected chi connectivity index (χ1v) is 8.92. The summed E-state index contributed by atoms with van der Waals surface area (Å²) in [6, 6.07) is 7.74. The molecule has 24 heavy (non-hydrogen) atoms.